The van der Waals surface area contributed by atoms with Gasteiger partial charge in [-0.2, -0.15) is 0 Å². The minimum absolute atomic E-state index is 0.0129. The number of hydrogen-bond acceptors (Lipinski definition) is 8. The van der Waals surface area contributed by atoms with Gasteiger partial charge in [-0.05, 0) is 63.3 Å². The number of esters is 1. The smallest absolute Gasteiger partial charge is 0.330 e. The van der Waals surface area contributed by atoms with E-state index < -0.39 is 32.0 Å². The Labute approximate surface area is 215 Å². The van der Waals surface area contributed by atoms with Gasteiger partial charge in [-0.3, -0.25) is 19.1 Å². The lowest BCUT2D eigenvalue weighted by Gasteiger charge is -2.24. The Balaban J connectivity index is 1.38. The van der Waals surface area contributed by atoms with Crippen molar-refractivity contribution in [3.63, 3.8) is 0 Å². The summed E-state index contributed by atoms with van der Waals surface area (Å²) in [6.07, 6.45) is 5.12. The fourth-order valence-corrected chi connectivity index (χ4v) is 5.65. The van der Waals surface area contributed by atoms with Gasteiger partial charge in [0, 0.05) is 23.2 Å². The average molecular weight is 540 g/mol. The topological polar surface area (TPSA) is 121 Å². The van der Waals surface area contributed by atoms with Crippen LogP contribution in [0.4, 0.5) is 0 Å². The van der Waals surface area contributed by atoms with Crippen LogP contribution >= 0.6 is 20.1 Å². The Bertz CT molecular complexity index is 1140. The quantitative estimate of drug-likeness (QED) is 0.344. The molecule has 1 saturated carbocycles. The standard InChI is InChI=1S/C24H31ClN3O7P/c1-15-13-20(33-22(15)28-12-11-21(29)26-24(28)31)14-32-36(35-19-9-7-17(25)8-10-19)27-16(2)23(30)34-18-5-3-4-6-18/h7-12,15-16,18,20,22,27H,3-6,13-14H2,1-2H3,(H,26,29,31). The second-order valence-electron chi connectivity index (χ2n) is 9.17. The van der Waals surface area contributed by atoms with Gasteiger partial charge in [0.05, 0.1) is 12.7 Å². The Morgan fingerprint density at radius 1 is 1.25 bits per heavy atom. The number of ether oxygens (including phenoxy) is 2. The summed E-state index contributed by atoms with van der Waals surface area (Å²) in [5, 5.41) is 3.68. The van der Waals surface area contributed by atoms with Crippen molar-refractivity contribution in [3.05, 3.63) is 62.4 Å². The van der Waals surface area contributed by atoms with Crippen LogP contribution in [0.3, 0.4) is 0 Å². The van der Waals surface area contributed by atoms with E-state index in [-0.39, 0.29) is 30.7 Å². The van der Waals surface area contributed by atoms with Gasteiger partial charge in [0.1, 0.15) is 24.1 Å². The zero-order valence-corrected chi connectivity index (χ0v) is 21.9. The molecule has 0 radical (unpaired) electrons. The molecule has 2 N–H and O–H groups in total. The molecule has 0 bridgehead atoms. The number of H-pyrrole nitrogens is 1. The third kappa shape index (κ3) is 7.17. The zero-order chi connectivity index (χ0) is 25.7. The SMILES string of the molecule is CC(NP(OCC1CC(C)C(n2ccc(=O)[nH]c2=O)O1)Oc1ccc(Cl)cc1)C(=O)OC1CCCC1. The molecule has 12 heteroatoms. The van der Waals surface area contributed by atoms with Crippen LogP contribution in [0, 0.1) is 5.92 Å². The van der Waals surface area contributed by atoms with E-state index in [0.717, 1.165) is 25.7 Å². The summed E-state index contributed by atoms with van der Waals surface area (Å²) >= 11 is 5.98. The van der Waals surface area contributed by atoms with Gasteiger partial charge in [0.25, 0.3) is 5.56 Å². The lowest BCUT2D eigenvalue weighted by molar-refractivity contribution is -0.150. The fraction of sp³-hybridized carbons (Fsp3) is 0.542. The molecule has 2 fully saturated rings. The van der Waals surface area contributed by atoms with Crippen molar-refractivity contribution in [1.82, 2.24) is 14.6 Å². The predicted octanol–water partition coefficient (Wildman–Crippen LogP) is 3.90. The molecule has 36 heavy (non-hydrogen) atoms. The molecule has 10 nitrogen and oxygen atoms in total. The highest BCUT2D eigenvalue weighted by Gasteiger charge is 2.35. The fourth-order valence-electron chi connectivity index (χ4n) is 4.31. The van der Waals surface area contributed by atoms with Gasteiger partial charge >= 0.3 is 20.2 Å². The van der Waals surface area contributed by atoms with Gasteiger partial charge < -0.3 is 18.5 Å². The third-order valence-corrected chi connectivity index (χ3v) is 7.81. The Kier molecular flexibility index (Phi) is 9.19. The highest BCUT2D eigenvalue weighted by atomic mass is 35.5. The highest BCUT2D eigenvalue weighted by molar-refractivity contribution is 7.45. The number of carbonyl (C=O) groups excluding carboxylic acids is 1. The minimum atomic E-state index is -1.74. The maximum absolute atomic E-state index is 12.6. The van der Waals surface area contributed by atoms with Crippen molar-refractivity contribution >= 4 is 26.1 Å². The predicted molar refractivity (Wildman–Crippen MR) is 135 cm³/mol. The van der Waals surface area contributed by atoms with Crippen molar-refractivity contribution in [1.29, 1.82) is 0 Å². The van der Waals surface area contributed by atoms with Gasteiger partial charge in [-0.1, -0.05) is 18.5 Å². The minimum Gasteiger partial charge on any atom is -0.461 e. The van der Waals surface area contributed by atoms with Crippen LogP contribution in [0.1, 0.15) is 52.2 Å². The molecule has 1 aliphatic carbocycles. The largest absolute Gasteiger partial charge is 0.461 e. The normalized spacial score (nSPS) is 23.9. The van der Waals surface area contributed by atoms with E-state index in [4.69, 9.17) is 30.1 Å². The van der Waals surface area contributed by atoms with Crippen LogP contribution in [0.25, 0.3) is 0 Å². The monoisotopic (exact) mass is 539 g/mol. The number of rotatable bonds is 10. The lowest BCUT2D eigenvalue weighted by Crippen LogP contribution is -2.35. The summed E-state index contributed by atoms with van der Waals surface area (Å²) in [6, 6.07) is 7.50. The summed E-state index contributed by atoms with van der Waals surface area (Å²) in [4.78, 5) is 38.4. The first-order valence-corrected chi connectivity index (χ1v) is 13.6. The van der Waals surface area contributed by atoms with E-state index in [0.29, 0.717) is 17.2 Å². The van der Waals surface area contributed by atoms with E-state index >= 15 is 0 Å². The third-order valence-electron chi connectivity index (χ3n) is 6.20. The first kappa shape index (κ1) is 26.8. The first-order valence-electron chi connectivity index (χ1n) is 12.1. The van der Waals surface area contributed by atoms with Crippen LogP contribution in [0.5, 0.6) is 5.75 Å². The molecular weight excluding hydrogens is 509 g/mol. The molecule has 0 spiro atoms. The molecule has 5 unspecified atom stereocenters. The summed E-state index contributed by atoms with van der Waals surface area (Å²) in [5.74, 6) is 0.201. The molecule has 1 aromatic carbocycles. The molecule has 1 saturated heterocycles. The zero-order valence-electron chi connectivity index (χ0n) is 20.2. The summed E-state index contributed by atoms with van der Waals surface area (Å²) < 4.78 is 25.1. The average Bonchev–Trinajstić information content (AvgIpc) is 3.48. The second-order valence-corrected chi connectivity index (χ2v) is 10.8. The number of benzene rings is 1. The number of aromatic nitrogens is 2. The number of nitrogens with zero attached hydrogens (tertiary/aromatic N) is 1. The molecule has 5 atom stereocenters. The molecule has 0 amide bonds. The van der Waals surface area contributed by atoms with E-state index in [1.165, 1.54) is 16.8 Å². The van der Waals surface area contributed by atoms with Crippen molar-refractivity contribution in [2.24, 2.45) is 5.92 Å². The van der Waals surface area contributed by atoms with Crippen LogP contribution in [0.2, 0.25) is 5.02 Å². The van der Waals surface area contributed by atoms with Crippen molar-refractivity contribution in [2.45, 2.75) is 70.4 Å². The van der Waals surface area contributed by atoms with E-state index in [2.05, 4.69) is 10.1 Å². The molecule has 1 aliphatic heterocycles. The van der Waals surface area contributed by atoms with E-state index in [1.54, 1.807) is 31.2 Å². The maximum atomic E-state index is 12.6. The number of nitrogens with one attached hydrogen (secondary N) is 2. The van der Waals surface area contributed by atoms with Gasteiger partial charge in [0.2, 0.25) is 0 Å². The molecule has 196 valence electrons. The summed E-state index contributed by atoms with van der Waals surface area (Å²) in [5.41, 5.74) is -0.982. The highest BCUT2D eigenvalue weighted by Crippen LogP contribution is 2.39. The number of aromatic amines is 1. The Morgan fingerprint density at radius 2 is 1.97 bits per heavy atom. The Hall–Kier alpha value is -2.23. The number of hydrogen-bond donors (Lipinski definition) is 2. The van der Waals surface area contributed by atoms with Crippen LogP contribution in [-0.4, -0.2) is 40.4 Å². The maximum Gasteiger partial charge on any atom is 0.330 e. The number of halogens is 1. The summed E-state index contributed by atoms with van der Waals surface area (Å²) in [7, 11) is -1.74. The lowest BCUT2D eigenvalue weighted by atomic mass is 10.1. The van der Waals surface area contributed by atoms with Crippen molar-refractivity contribution in [3.8, 4) is 5.75 Å². The molecule has 4 rings (SSSR count). The Morgan fingerprint density at radius 3 is 2.67 bits per heavy atom. The van der Waals surface area contributed by atoms with Crippen molar-refractivity contribution < 1.29 is 23.3 Å². The molecule has 2 aliphatic rings. The molecule has 2 heterocycles. The summed E-state index contributed by atoms with van der Waals surface area (Å²) in [6.45, 7) is 3.86. The van der Waals surface area contributed by atoms with Gasteiger partial charge in [0.15, 0.2) is 0 Å². The van der Waals surface area contributed by atoms with Crippen LogP contribution < -0.4 is 20.9 Å². The second kappa shape index (κ2) is 12.3. The molecule has 1 aromatic heterocycles. The molecular formula is C24H31ClN3O7P. The van der Waals surface area contributed by atoms with E-state index in [1.807, 2.05) is 6.92 Å². The van der Waals surface area contributed by atoms with Gasteiger partial charge in [-0.15, -0.1) is 0 Å². The van der Waals surface area contributed by atoms with Gasteiger partial charge in [-0.25, -0.2) is 9.88 Å². The van der Waals surface area contributed by atoms with Crippen molar-refractivity contribution in [2.75, 3.05) is 6.61 Å². The molecule has 2 aromatic rings. The number of carbonyl (C=O) groups is 1. The van der Waals surface area contributed by atoms with Crippen LogP contribution in [0.15, 0.2) is 46.1 Å². The van der Waals surface area contributed by atoms with Crippen LogP contribution in [-0.2, 0) is 18.8 Å². The van der Waals surface area contributed by atoms with E-state index in [9.17, 15) is 14.4 Å². The first-order chi connectivity index (χ1) is 17.3.